The van der Waals surface area contributed by atoms with E-state index in [0.717, 1.165) is 5.56 Å². The van der Waals surface area contributed by atoms with Crippen LogP contribution in [0.1, 0.15) is 26.3 Å². The third kappa shape index (κ3) is 3.54. The number of carbonyl (C=O) groups excluding carboxylic acids is 1. The first-order chi connectivity index (χ1) is 8.16. The molecule has 0 atom stereocenters. The van der Waals surface area contributed by atoms with Gasteiger partial charge in [-0.1, -0.05) is 32.9 Å². The molecule has 1 rings (SSSR count). The minimum Gasteiger partial charge on any atom is -0.293 e. The third-order valence-corrected chi connectivity index (χ3v) is 4.19. The molecule has 3 N–H and O–H groups in total. The summed E-state index contributed by atoms with van der Waals surface area (Å²) in [5.74, 6) is 3.51. The first kappa shape index (κ1) is 14.7. The SMILES string of the molecule is CC(C)(C)c1ccc(S(=O)(=O)CC(=O)NN)cc1. The molecule has 0 aliphatic carbocycles. The van der Waals surface area contributed by atoms with Gasteiger partial charge in [0.05, 0.1) is 4.90 Å². The zero-order chi connectivity index (χ0) is 14.0. The van der Waals surface area contributed by atoms with E-state index in [1.807, 2.05) is 26.2 Å². The molecule has 1 aromatic rings. The van der Waals surface area contributed by atoms with Crippen molar-refractivity contribution in [3.8, 4) is 0 Å². The molecule has 100 valence electrons. The van der Waals surface area contributed by atoms with E-state index < -0.39 is 21.5 Å². The van der Waals surface area contributed by atoms with Crippen molar-refractivity contribution in [3.05, 3.63) is 29.8 Å². The van der Waals surface area contributed by atoms with E-state index >= 15 is 0 Å². The molecule has 6 heteroatoms. The predicted octanol–water partition coefficient (Wildman–Crippen LogP) is 0.748. The molecular formula is C12H18N2O3S. The smallest absolute Gasteiger partial charge is 0.249 e. The van der Waals surface area contributed by atoms with Crippen LogP contribution in [0.2, 0.25) is 0 Å². The number of hydrogen-bond donors (Lipinski definition) is 2. The Hall–Kier alpha value is -1.40. The van der Waals surface area contributed by atoms with Gasteiger partial charge < -0.3 is 0 Å². The Bertz CT molecular complexity index is 527. The van der Waals surface area contributed by atoms with Gasteiger partial charge in [0.25, 0.3) is 0 Å². The van der Waals surface area contributed by atoms with Gasteiger partial charge in [-0.3, -0.25) is 10.2 Å². The van der Waals surface area contributed by atoms with E-state index in [1.54, 1.807) is 12.1 Å². The van der Waals surface area contributed by atoms with Crippen LogP contribution in [0.5, 0.6) is 0 Å². The van der Waals surface area contributed by atoms with Gasteiger partial charge in [-0.2, -0.15) is 0 Å². The molecule has 0 saturated heterocycles. The number of hydrogen-bond acceptors (Lipinski definition) is 4. The summed E-state index contributed by atoms with van der Waals surface area (Å²) in [6.45, 7) is 6.12. The van der Waals surface area contributed by atoms with Crippen LogP contribution in [0.15, 0.2) is 29.2 Å². The van der Waals surface area contributed by atoms with E-state index in [0.29, 0.717) is 0 Å². The van der Waals surface area contributed by atoms with Crippen molar-refractivity contribution < 1.29 is 13.2 Å². The fourth-order valence-corrected chi connectivity index (χ4v) is 2.61. The second kappa shape index (κ2) is 5.07. The summed E-state index contributed by atoms with van der Waals surface area (Å²) >= 11 is 0. The van der Waals surface area contributed by atoms with Crippen molar-refractivity contribution in [2.75, 3.05) is 5.75 Å². The van der Waals surface area contributed by atoms with Crippen LogP contribution in [0.25, 0.3) is 0 Å². The van der Waals surface area contributed by atoms with E-state index in [2.05, 4.69) is 0 Å². The van der Waals surface area contributed by atoms with E-state index in [9.17, 15) is 13.2 Å². The van der Waals surface area contributed by atoms with Crippen molar-refractivity contribution in [2.45, 2.75) is 31.1 Å². The Labute approximate surface area is 107 Å². The summed E-state index contributed by atoms with van der Waals surface area (Å²) in [6.07, 6.45) is 0. The maximum Gasteiger partial charge on any atom is 0.249 e. The Morgan fingerprint density at radius 1 is 1.22 bits per heavy atom. The van der Waals surface area contributed by atoms with Crippen LogP contribution in [-0.4, -0.2) is 20.1 Å². The molecule has 0 bridgehead atoms. The number of benzene rings is 1. The number of amides is 1. The minimum absolute atomic E-state index is 0.0447. The largest absolute Gasteiger partial charge is 0.293 e. The Balaban J connectivity index is 3.02. The number of sulfone groups is 1. The Morgan fingerprint density at radius 2 is 1.72 bits per heavy atom. The maximum absolute atomic E-state index is 11.8. The van der Waals surface area contributed by atoms with Crippen molar-refractivity contribution in [3.63, 3.8) is 0 Å². The number of nitrogens with one attached hydrogen (secondary N) is 1. The van der Waals surface area contributed by atoms with Gasteiger partial charge in [-0.15, -0.1) is 0 Å². The fourth-order valence-electron chi connectivity index (χ4n) is 1.46. The summed E-state index contributed by atoms with van der Waals surface area (Å²) in [6, 6.07) is 6.54. The number of rotatable bonds is 3. The van der Waals surface area contributed by atoms with Gasteiger partial charge in [0.1, 0.15) is 5.75 Å². The zero-order valence-corrected chi connectivity index (χ0v) is 11.5. The minimum atomic E-state index is -3.63. The van der Waals surface area contributed by atoms with Crippen molar-refractivity contribution in [2.24, 2.45) is 5.84 Å². The number of nitrogens with two attached hydrogens (primary N) is 1. The molecule has 0 spiro atoms. The zero-order valence-electron chi connectivity index (χ0n) is 10.7. The molecule has 5 nitrogen and oxygen atoms in total. The highest BCUT2D eigenvalue weighted by Crippen LogP contribution is 2.23. The standard InChI is InChI=1S/C12H18N2O3S/c1-12(2,3)9-4-6-10(7-5-9)18(16,17)8-11(15)14-13/h4-7H,8,13H2,1-3H3,(H,14,15). The molecule has 0 aliphatic heterocycles. The summed E-state index contributed by atoms with van der Waals surface area (Å²) < 4.78 is 23.7. The van der Waals surface area contributed by atoms with Gasteiger partial charge in [0.15, 0.2) is 9.84 Å². The van der Waals surface area contributed by atoms with Gasteiger partial charge >= 0.3 is 0 Å². The first-order valence-corrected chi connectivity index (χ1v) is 7.15. The van der Waals surface area contributed by atoms with Gasteiger partial charge in [-0.05, 0) is 23.1 Å². The normalized spacial score (nSPS) is 12.2. The summed E-state index contributed by atoms with van der Waals surface area (Å²) in [4.78, 5) is 11.1. The molecule has 18 heavy (non-hydrogen) atoms. The van der Waals surface area contributed by atoms with Crippen LogP contribution in [0, 0.1) is 0 Å². The topological polar surface area (TPSA) is 89.3 Å². The van der Waals surface area contributed by atoms with E-state index in [-0.39, 0.29) is 10.3 Å². The van der Waals surface area contributed by atoms with Crippen molar-refractivity contribution in [1.29, 1.82) is 0 Å². The van der Waals surface area contributed by atoms with Crippen molar-refractivity contribution >= 4 is 15.7 Å². The lowest BCUT2D eigenvalue weighted by Crippen LogP contribution is -2.35. The highest BCUT2D eigenvalue weighted by Gasteiger charge is 2.20. The quantitative estimate of drug-likeness (QED) is 0.482. The van der Waals surface area contributed by atoms with Crippen LogP contribution in [0.4, 0.5) is 0 Å². The molecule has 0 fully saturated rings. The number of carbonyl (C=O) groups is 1. The monoisotopic (exact) mass is 270 g/mol. The molecule has 0 aliphatic rings. The lowest BCUT2D eigenvalue weighted by atomic mass is 9.87. The average Bonchev–Trinajstić information content (AvgIpc) is 2.27. The van der Waals surface area contributed by atoms with Crippen LogP contribution in [-0.2, 0) is 20.0 Å². The summed E-state index contributed by atoms with van der Waals surface area (Å²) in [5, 5.41) is 0. The summed E-state index contributed by atoms with van der Waals surface area (Å²) in [7, 11) is -3.63. The fraction of sp³-hybridized carbons (Fsp3) is 0.417. The molecule has 0 unspecified atom stereocenters. The molecular weight excluding hydrogens is 252 g/mol. The lowest BCUT2D eigenvalue weighted by molar-refractivity contribution is -0.118. The highest BCUT2D eigenvalue weighted by molar-refractivity contribution is 7.92. The first-order valence-electron chi connectivity index (χ1n) is 5.49. The second-order valence-corrected chi connectivity index (χ2v) is 7.09. The Morgan fingerprint density at radius 3 is 2.11 bits per heavy atom. The average molecular weight is 270 g/mol. The van der Waals surface area contributed by atoms with Gasteiger partial charge in [0.2, 0.25) is 5.91 Å². The van der Waals surface area contributed by atoms with E-state index in [4.69, 9.17) is 5.84 Å². The predicted molar refractivity (Wildman–Crippen MR) is 69.5 cm³/mol. The lowest BCUT2D eigenvalue weighted by Gasteiger charge is -2.19. The van der Waals surface area contributed by atoms with E-state index in [1.165, 1.54) is 12.1 Å². The summed E-state index contributed by atoms with van der Waals surface area (Å²) in [5.41, 5.74) is 2.80. The van der Waals surface area contributed by atoms with Crippen LogP contribution >= 0.6 is 0 Å². The second-order valence-electron chi connectivity index (χ2n) is 5.10. The van der Waals surface area contributed by atoms with Gasteiger partial charge in [0, 0.05) is 0 Å². The van der Waals surface area contributed by atoms with Crippen molar-refractivity contribution in [1.82, 2.24) is 5.43 Å². The van der Waals surface area contributed by atoms with Gasteiger partial charge in [-0.25, -0.2) is 14.3 Å². The third-order valence-electron chi connectivity index (χ3n) is 2.56. The molecule has 0 heterocycles. The molecule has 0 radical (unpaired) electrons. The molecule has 1 amide bonds. The molecule has 1 aromatic carbocycles. The van der Waals surface area contributed by atoms with Crippen LogP contribution in [0.3, 0.4) is 0 Å². The highest BCUT2D eigenvalue weighted by atomic mass is 32.2. The Kier molecular flexibility index (Phi) is 4.13. The molecule has 0 saturated carbocycles. The molecule has 0 aromatic heterocycles. The van der Waals surface area contributed by atoms with Crippen LogP contribution < -0.4 is 11.3 Å². The maximum atomic E-state index is 11.8. The number of hydrazine groups is 1.